The second kappa shape index (κ2) is 13.3. The Morgan fingerprint density at radius 3 is 2.46 bits per heavy atom. The maximum Gasteiger partial charge on any atom is 0.534 e. The maximum absolute atomic E-state index is 14.0. The first kappa shape index (κ1) is 30.9. The summed E-state index contributed by atoms with van der Waals surface area (Å²) < 4.78 is 82.4. The fraction of sp³-hybridized carbons (Fsp3) is 0.536. The smallest absolute Gasteiger partial charge is 0.497 e. The third kappa shape index (κ3) is 8.04. The van der Waals surface area contributed by atoms with E-state index >= 15 is 0 Å². The molecule has 2 aromatic rings. The highest BCUT2D eigenvalue weighted by Crippen LogP contribution is 2.38. The fourth-order valence-corrected chi connectivity index (χ4v) is 5.44. The van der Waals surface area contributed by atoms with Crippen molar-refractivity contribution in [2.75, 3.05) is 40.5 Å². The van der Waals surface area contributed by atoms with Crippen LogP contribution in [0.3, 0.4) is 0 Å². The molecular formula is C28H35F3N2O7S. The van der Waals surface area contributed by atoms with Gasteiger partial charge in [-0.25, -0.2) is 0 Å². The fourth-order valence-electron chi connectivity index (χ4n) is 4.99. The molecule has 0 spiro atoms. The van der Waals surface area contributed by atoms with E-state index in [1.54, 1.807) is 26.4 Å². The molecule has 0 radical (unpaired) electrons. The van der Waals surface area contributed by atoms with Gasteiger partial charge in [-0.2, -0.15) is 21.6 Å². The van der Waals surface area contributed by atoms with Crippen LogP contribution in [-0.4, -0.2) is 71.3 Å². The molecule has 41 heavy (non-hydrogen) atoms. The first-order chi connectivity index (χ1) is 19.5. The van der Waals surface area contributed by atoms with Crippen LogP contribution in [0.1, 0.15) is 42.7 Å². The van der Waals surface area contributed by atoms with E-state index in [-0.39, 0.29) is 17.9 Å². The van der Waals surface area contributed by atoms with Crippen LogP contribution in [0.4, 0.5) is 13.2 Å². The molecule has 13 heteroatoms. The van der Waals surface area contributed by atoms with Crippen molar-refractivity contribution in [1.82, 2.24) is 10.2 Å². The van der Waals surface area contributed by atoms with E-state index in [1.807, 2.05) is 17.0 Å². The maximum atomic E-state index is 14.0. The monoisotopic (exact) mass is 600 g/mol. The Labute approximate surface area is 238 Å². The van der Waals surface area contributed by atoms with Crippen LogP contribution in [0.2, 0.25) is 0 Å². The zero-order valence-electron chi connectivity index (χ0n) is 23.0. The minimum Gasteiger partial charge on any atom is -0.497 e. The van der Waals surface area contributed by atoms with Crippen molar-refractivity contribution >= 4 is 16.0 Å². The molecule has 2 aromatic carbocycles. The molecule has 0 bridgehead atoms. The molecule has 1 heterocycles. The number of alkyl halides is 3. The van der Waals surface area contributed by atoms with Crippen LogP contribution in [-0.2, 0) is 26.2 Å². The van der Waals surface area contributed by atoms with Crippen LogP contribution in [0, 0.1) is 5.92 Å². The summed E-state index contributed by atoms with van der Waals surface area (Å²) in [5, 5.41) is 3.25. The third-order valence-electron chi connectivity index (χ3n) is 7.14. The topological polar surface area (TPSA) is 103 Å². The molecule has 9 nitrogen and oxygen atoms in total. The second-order valence-corrected chi connectivity index (χ2v) is 11.7. The molecule has 4 rings (SSSR count). The number of halogens is 3. The van der Waals surface area contributed by atoms with Crippen molar-refractivity contribution in [1.29, 1.82) is 0 Å². The van der Waals surface area contributed by atoms with E-state index in [9.17, 15) is 26.4 Å². The average Bonchev–Trinajstić information content (AvgIpc) is 3.78. The highest BCUT2D eigenvalue weighted by molar-refractivity contribution is 7.88. The van der Waals surface area contributed by atoms with Crippen molar-refractivity contribution in [2.24, 2.45) is 5.92 Å². The number of piperidine rings is 1. The SMILES string of the molecule is COCCCOc1cc(CN(C(=O)[C@H]2CNCC[C@@H]2c2cccc(OS(=O)(=O)C(F)(F)F)c2)C2CC2)cc(OC)c1. The van der Waals surface area contributed by atoms with Gasteiger partial charge < -0.3 is 28.6 Å². The largest absolute Gasteiger partial charge is 0.534 e. The first-order valence-corrected chi connectivity index (χ1v) is 14.8. The van der Waals surface area contributed by atoms with E-state index in [0.29, 0.717) is 56.3 Å². The molecule has 0 aromatic heterocycles. The Hall–Kier alpha value is -3.03. The predicted octanol–water partition coefficient (Wildman–Crippen LogP) is 4.22. The molecule has 1 aliphatic carbocycles. The minimum atomic E-state index is -5.81. The number of carbonyl (C=O) groups excluding carboxylic acids is 1. The van der Waals surface area contributed by atoms with Gasteiger partial charge in [-0.3, -0.25) is 4.79 Å². The molecule has 1 aliphatic heterocycles. The van der Waals surface area contributed by atoms with Gasteiger partial charge in [-0.05, 0) is 67.1 Å². The Morgan fingerprint density at radius 1 is 1.02 bits per heavy atom. The Morgan fingerprint density at radius 2 is 1.78 bits per heavy atom. The molecule has 2 atom stereocenters. The van der Waals surface area contributed by atoms with Crippen molar-refractivity contribution in [2.45, 2.75) is 49.7 Å². The Bertz CT molecular complexity index is 1300. The lowest BCUT2D eigenvalue weighted by molar-refractivity contribution is -0.138. The number of hydrogen-bond acceptors (Lipinski definition) is 8. The van der Waals surface area contributed by atoms with E-state index in [0.717, 1.165) is 30.9 Å². The van der Waals surface area contributed by atoms with Crippen LogP contribution < -0.4 is 19.0 Å². The van der Waals surface area contributed by atoms with Crippen LogP contribution in [0.5, 0.6) is 17.2 Å². The van der Waals surface area contributed by atoms with Crippen molar-refractivity contribution < 1.29 is 44.8 Å². The van der Waals surface area contributed by atoms with Gasteiger partial charge in [0.2, 0.25) is 5.91 Å². The summed E-state index contributed by atoms with van der Waals surface area (Å²) in [5.74, 6) is -0.139. The number of amides is 1. The van der Waals surface area contributed by atoms with E-state index < -0.39 is 27.3 Å². The quantitative estimate of drug-likeness (QED) is 0.207. The molecule has 2 fully saturated rings. The summed E-state index contributed by atoms with van der Waals surface area (Å²) >= 11 is 0. The number of ether oxygens (including phenoxy) is 3. The molecular weight excluding hydrogens is 565 g/mol. The summed E-state index contributed by atoms with van der Waals surface area (Å²) in [7, 11) is -2.62. The average molecular weight is 601 g/mol. The van der Waals surface area contributed by atoms with Crippen LogP contribution in [0.25, 0.3) is 0 Å². The number of benzene rings is 2. The second-order valence-electron chi connectivity index (χ2n) is 10.2. The minimum absolute atomic E-state index is 0.0777. The van der Waals surface area contributed by atoms with Gasteiger partial charge in [0.25, 0.3) is 0 Å². The number of rotatable bonds is 13. The van der Waals surface area contributed by atoms with Gasteiger partial charge in [0.1, 0.15) is 17.2 Å². The molecule has 1 N–H and O–H groups in total. The van der Waals surface area contributed by atoms with E-state index in [2.05, 4.69) is 9.50 Å². The first-order valence-electron chi connectivity index (χ1n) is 13.4. The lowest BCUT2D eigenvalue weighted by Crippen LogP contribution is -2.47. The standard InChI is InChI=1S/C28H35F3N2O7S/c1-37-11-4-12-39-24-14-19(13-23(16-24)38-2)18-33(21-7-8-21)27(34)26-17-32-10-9-25(26)20-5-3-6-22(15-20)40-41(35,36)28(29,30)31/h3,5-6,13-16,21,25-26,32H,4,7-12,17-18H2,1-2H3/t25-,26+/m1/s1. The van der Waals surface area contributed by atoms with Crippen molar-refractivity contribution in [3.05, 3.63) is 53.6 Å². The summed E-state index contributed by atoms with van der Waals surface area (Å²) in [5.41, 5.74) is -4.15. The molecule has 0 unspecified atom stereocenters. The zero-order chi connectivity index (χ0) is 29.6. The lowest BCUT2D eigenvalue weighted by Gasteiger charge is -2.36. The van der Waals surface area contributed by atoms with Gasteiger partial charge in [-0.1, -0.05) is 12.1 Å². The third-order valence-corrected chi connectivity index (χ3v) is 8.11. The van der Waals surface area contributed by atoms with E-state index in [1.165, 1.54) is 12.1 Å². The highest BCUT2D eigenvalue weighted by Gasteiger charge is 2.48. The van der Waals surface area contributed by atoms with Crippen molar-refractivity contribution in [3.63, 3.8) is 0 Å². The number of methoxy groups -OCH3 is 2. The predicted molar refractivity (Wildman–Crippen MR) is 144 cm³/mol. The number of nitrogens with one attached hydrogen (secondary N) is 1. The molecule has 2 aliphatic rings. The van der Waals surface area contributed by atoms with E-state index in [4.69, 9.17) is 14.2 Å². The Balaban J connectivity index is 1.54. The summed E-state index contributed by atoms with van der Waals surface area (Å²) in [6.07, 6.45) is 3.02. The summed E-state index contributed by atoms with van der Waals surface area (Å²) in [4.78, 5) is 15.9. The van der Waals surface area contributed by atoms with Crippen LogP contribution in [0.15, 0.2) is 42.5 Å². The van der Waals surface area contributed by atoms with Gasteiger partial charge in [0.05, 0.1) is 19.6 Å². The molecule has 226 valence electrons. The number of carbonyl (C=O) groups is 1. The van der Waals surface area contributed by atoms with Crippen LogP contribution >= 0.6 is 0 Å². The Kier molecular flexibility index (Phi) is 10.0. The van der Waals surface area contributed by atoms with Gasteiger partial charge >= 0.3 is 15.6 Å². The normalized spacial score (nSPS) is 19.4. The highest BCUT2D eigenvalue weighted by atomic mass is 32.2. The lowest BCUT2D eigenvalue weighted by atomic mass is 9.80. The summed E-state index contributed by atoms with van der Waals surface area (Å²) in [6, 6.07) is 11.2. The number of hydrogen-bond donors (Lipinski definition) is 1. The molecule has 1 amide bonds. The molecule has 1 saturated heterocycles. The number of nitrogens with zero attached hydrogens (tertiary/aromatic N) is 1. The summed E-state index contributed by atoms with van der Waals surface area (Å²) in [6.45, 7) is 2.36. The zero-order valence-corrected chi connectivity index (χ0v) is 23.8. The van der Waals surface area contributed by atoms with Crippen molar-refractivity contribution in [3.8, 4) is 17.2 Å². The van der Waals surface area contributed by atoms with Gasteiger partial charge in [0.15, 0.2) is 0 Å². The molecule has 1 saturated carbocycles. The van der Waals surface area contributed by atoms with Gasteiger partial charge in [0, 0.05) is 45.3 Å². The van der Waals surface area contributed by atoms with Gasteiger partial charge in [-0.15, -0.1) is 0 Å².